The monoisotopic (exact) mass is 485 g/mol. The Labute approximate surface area is 202 Å². The Balaban J connectivity index is 1.44. The van der Waals surface area contributed by atoms with Crippen molar-refractivity contribution in [2.45, 2.75) is 63.8 Å². The molecule has 1 aliphatic heterocycles. The fraction of sp³-hybridized carbons (Fsp3) is 0.480. The van der Waals surface area contributed by atoms with E-state index in [9.17, 15) is 9.59 Å². The summed E-state index contributed by atoms with van der Waals surface area (Å²) in [5.74, 6) is 0.197. The van der Waals surface area contributed by atoms with Gasteiger partial charge in [0.25, 0.3) is 5.56 Å². The Kier molecular flexibility index (Phi) is 8.22. The fourth-order valence-corrected chi connectivity index (χ4v) is 6.26. The molecule has 4 rings (SSSR count). The van der Waals surface area contributed by atoms with Crippen LogP contribution >= 0.6 is 23.1 Å². The number of carbonyl (C=O) groups is 1. The van der Waals surface area contributed by atoms with E-state index >= 15 is 0 Å². The Morgan fingerprint density at radius 2 is 2.15 bits per heavy atom. The number of thiophene rings is 1. The largest absolute Gasteiger partial charge is 0.376 e. The van der Waals surface area contributed by atoms with Crippen molar-refractivity contribution in [1.82, 2.24) is 14.9 Å². The van der Waals surface area contributed by atoms with Gasteiger partial charge in [-0.1, -0.05) is 49.0 Å². The first-order valence-electron chi connectivity index (χ1n) is 11.6. The molecular weight excluding hydrogens is 454 g/mol. The molecule has 33 heavy (non-hydrogen) atoms. The number of thioether (sulfide) groups is 1. The third-order valence-electron chi connectivity index (χ3n) is 5.98. The van der Waals surface area contributed by atoms with Crippen LogP contribution in [0.1, 0.15) is 42.2 Å². The van der Waals surface area contributed by atoms with Crippen molar-refractivity contribution >= 4 is 39.2 Å². The number of aromatic nitrogens is 2. The second-order valence-corrected chi connectivity index (χ2v) is 10.5. The summed E-state index contributed by atoms with van der Waals surface area (Å²) < 4.78 is 7.53. The van der Waals surface area contributed by atoms with Crippen LogP contribution in [0.3, 0.4) is 0 Å². The number of rotatable bonds is 10. The smallest absolute Gasteiger partial charge is 0.263 e. The second kappa shape index (κ2) is 11.3. The molecule has 0 spiro atoms. The van der Waals surface area contributed by atoms with E-state index in [1.807, 2.05) is 25.1 Å². The maximum atomic E-state index is 13.5. The highest BCUT2D eigenvalue weighted by atomic mass is 32.2. The molecule has 1 aromatic carbocycles. The molecule has 176 valence electrons. The van der Waals surface area contributed by atoms with Gasteiger partial charge in [-0.25, -0.2) is 4.98 Å². The summed E-state index contributed by atoms with van der Waals surface area (Å²) in [6, 6.07) is 10.3. The molecule has 0 saturated carbocycles. The standard InChI is InChI=1S/C25H31N3O3S2/c1-3-20-17(2)33-23-22(20)24(30)28(15-19-12-8-14-31-19)25(27-23)32-16-21(29)26-13-7-11-18-9-5-4-6-10-18/h4-6,9-10,19H,3,7-8,11-16H2,1-2H3,(H,26,29). The van der Waals surface area contributed by atoms with Gasteiger partial charge >= 0.3 is 0 Å². The number of hydrogen-bond acceptors (Lipinski definition) is 6. The zero-order valence-corrected chi connectivity index (χ0v) is 20.9. The van der Waals surface area contributed by atoms with Crippen molar-refractivity contribution in [3.05, 3.63) is 56.7 Å². The molecule has 1 fully saturated rings. The predicted octanol–water partition coefficient (Wildman–Crippen LogP) is 4.35. The van der Waals surface area contributed by atoms with E-state index in [0.717, 1.165) is 59.4 Å². The van der Waals surface area contributed by atoms with E-state index in [0.29, 0.717) is 18.2 Å². The highest BCUT2D eigenvalue weighted by molar-refractivity contribution is 7.99. The average Bonchev–Trinajstić information content (AvgIpc) is 3.45. The van der Waals surface area contributed by atoms with Crippen LogP contribution in [0.5, 0.6) is 0 Å². The SMILES string of the molecule is CCc1c(C)sc2nc(SCC(=O)NCCCc3ccccc3)n(CC3CCCO3)c(=O)c12. The zero-order valence-electron chi connectivity index (χ0n) is 19.3. The fourth-order valence-electron chi connectivity index (χ4n) is 4.27. The maximum Gasteiger partial charge on any atom is 0.263 e. The lowest BCUT2D eigenvalue weighted by Gasteiger charge is -2.16. The molecule has 1 aliphatic rings. The second-order valence-electron chi connectivity index (χ2n) is 8.34. The third-order valence-corrected chi connectivity index (χ3v) is 8.00. The normalized spacial score (nSPS) is 15.9. The molecule has 1 saturated heterocycles. The van der Waals surface area contributed by atoms with E-state index in [4.69, 9.17) is 9.72 Å². The summed E-state index contributed by atoms with van der Waals surface area (Å²) in [6.07, 6.45) is 4.62. The van der Waals surface area contributed by atoms with Crippen LogP contribution in [0.15, 0.2) is 40.3 Å². The molecular formula is C25H31N3O3S2. The minimum absolute atomic E-state index is 0.0116. The van der Waals surface area contributed by atoms with Crippen molar-refractivity contribution < 1.29 is 9.53 Å². The topological polar surface area (TPSA) is 73.2 Å². The number of carbonyl (C=O) groups excluding carboxylic acids is 1. The molecule has 1 N–H and O–H groups in total. The Bertz CT molecular complexity index is 1150. The number of fused-ring (bicyclic) bond motifs is 1. The molecule has 1 unspecified atom stereocenters. The molecule has 3 heterocycles. The summed E-state index contributed by atoms with van der Waals surface area (Å²) in [6.45, 7) is 5.98. The van der Waals surface area contributed by atoms with E-state index in [1.54, 1.807) is 15.9 Å². The highest BCUT2D eigenvalue weighted by Gasteiger charge is 2.23. The van der Waals surface area contributed by atoms with Gasteiger partial charge in [-0.2, -0.15) is 0 Å². The van der Waals surface area contributed by atoms with Gasteiger partial charge in [-0.05, 0) is 50.2 Å². The Hall–Kier alpha value is -2.16. The van der Waals surface area contributed by atoms with Crippen LogP contribution in [0.2, 0.25) is 0 Å². The van der Waals surface area contributed by atoms with Crippen molar-refractivity contribution in [2.24, 2.45) is 0 Å². The van der Waals surface area contributed by atoms with Gasteiger partial charge in [0, 0.05) is 18.0 Å². The van der Waals surface area contributed by atoms with Crippen molar-refractivity contribution in [2.75, 3.05) is 18.9 Å². The molecule has 1 atom stereocenters. The summed E-state index contributed by atoms with van der Waals surface area (Å²) in [5.41, 5.74) is 2.35. The molecule has 0 radical (unpaired) electrons. The van der Waals surface area contributed by atoms with Gasteiger partial charge in [-0.3, -0.25) is 14.2 Å². The minimum atomic E-state index is -0.0392. The first kappa shape index (κ1) is 24.0. The van der Waals surface area contributed by atoms with Crippen LogP contribution in [0, 0.1) is 6.92 Å². The van der Waals surface area contributed by atoms with Crippen molar-refractivity contribution in [3.63, 3.8) is 0 Å². The number of nitrogens with zero attached hydrogens (tertiary/aromatic N) is 2. The maximum absolute atomic E-state index is 13.5. The van der Waals surface area contributed by atoms with Gasteiger partial charge in [0.1, 0.15) is 4.83 Å². The summed E-state index contributed by atoms with van der Waals surface area (Å²) >= 11 is 2.90. The van der Waals surface area contributed by atoms with E-state index in [1.165, 1.54) is 17.3 Å². The number of nitrogens with one attached hydrogen (secondary N) is 1. The van der Waals surface area contributed by atoms with Crippen LogP contribution in [-0.4, -0.2) is 40.5 Å². The van der Waals surface area contributed by atoms with E-state index in [-0.39, 0.29) is 23.3 Å². The molecule has 1 amide bonds. The summed E-state index contributed by atoms with van der Waals surface area (Å²) in [4.78, 5) is 32.7. The number of ether oxygens (including phenoxy) is 1. The van der Waals surface area contributed by atoms with Gasteiger partial charge in [0.2, 0.25) is 5.91 Å². The molecule has 8 heteroatoms. The lowest BCUT2D eigenvalue weighted by molar-refractivity contribution is -0.118. The zero-order chi connectivity index (χ0) is 23.2. The van der Waals surface area contributed by atoms with Gasteiger partial charge in [-0.15, -0.1) is 11.3 Å². The van der Waals surface area contributed by atoms with E-state index in [2.05, 4.69) is 24.4 Å². The highest BCUT2D eigenvalue weighted by Crippen LogP contribution is 2.30. The quantitative estimate of drug-likeness (QED) is 0.263. The van der Waals surface area contributed by atoms with Crippen LogP contribution < -0.4 is 10.9 Å². The molecule has 6 nitrogen and oxygen atoms in total. The average molecular weight is 486 g/mol. The number of benzene rings is 1. The predicted molar refractivity (Wildman–Crippen MR) is 135 cm³/mol. The molecule has 0 aliphatic carbocycles. The van der Waals surface area contributed by atoms with Gasteiger partial charge < -0.3 is 10.1 Å². The van der Waals surface area contributed by atoms with Crippen LogP contribution in [-0.2, 0) is 28.9 Å². The van der Waals surface area contributed by atoms with Crippen molar-refractivity contribution in [3.8, 4) is 0 Å². The Morgan fingerprint density at radius 3 is 2.88 bits per heavy atom. The Morgan fingerprint density at radius 1 is 1.33 bits per heavy atom. The van der Waals surface area contributed by atoms with Gasteiger partial charge in [0.15, 0.2) is 5.16 Å². The van der Waals surface area contributed by atoms with Crippen LogP contribution in [0.25, 0.3) is 10.2 Å². The number of aryl methyl sites for hydroxylation is 3. The van der Waals surface area contributed by atoms with Crippen LogP contribution in [0.4, 0.5) is 0 Å². The molecule has 2 aromatic heterocycles. The van der Waals surface area contributed by atoms with Gasteiger partial charge in [0.05, 0.1) is 23.8 Å². The molecule has 3 aromatic rings. The number of amides is 1. The summed E-state index contributed by atoms with van der Waals surface area (Å²) in [5, 5.41) is 4.33. The molecule has 0 bridgehead atoms. The lowest BCUT2D eigenvalue weighted by Crippen LogP contribution is -2.30. The summed E-state index contributed by atoms with van der Waals surface area (Å²) in [7, 11) is 0. The number of hydrogen-bond donors (Lipinski definition) is 1. The third kappa shape index (κ3) is 5.86. The first-order chi connectivity index (χ1) is 16.1. The van der Waals surface area contributed by atoms with Crippen molar-refractivity contribution in [1.29, 1.82) is 0 Å². The van der Waals surface area contributed by atoms with E-state index < -0.39 is 0 Å². The first-order valence-corrected chi connectivity index (χ1v) is 13.4. The lowest BCUT2D eigenvalue weighted by atomic mass is 10.1. The minimum Gasteiger partial charge on any atom is -0.376 e.